The highest BCUT2D eigenvalue weighted by Gasteiger charge is 2.09. The molecule has 0 saturated carbocycles. The smallest absolute Gasteiger partial charge is 0.161 e. The normalized spacial score (nSPS) is 10.5. The molecule has 0 saturated heterocycles. The third-order valence-electron chi connectivity index (χ3n) is 2.69. The Labute approximate surface area is 118 Å². The molecule has 0 spiro atoms. The summed E-state index contributed by atoms with van der Waals surface area (Å²) >= 11 is 1.71. The number of hydrogen-bond acceptors (Lipinski definition) is 4. The SMILES string of the molecule is CCOc1ccc(-c2ccc(CN)s2)cc1OCC. The molecular formula is C15H19NO2S. The quantitative estimate of drug-likeness (QED) is 0.876. The van der Waals surface area contributed by atoms with E-state index in [4.69, 9.17) is 15.2 Å². The van der Waals surface area contributed by atoms with Gasteiger partial charge in [0.2, 0.25) is 0 Å². The van der Waals surface area contributed by atoms with Gasteiger partial charge in [-0.1, -0.05) is 0 Å². The molecule has 19 heavy (non-hydrogen) atoms. The molecule has 0 fully saturated rings. The van der Waals surface area contributed by atoms with Crippen LogP contribution in [-0.4, -0.2) is 13.2 Å². The number of thiophene rings is 1. The summed E-state index contributed by atoms with van der Waals surface area (Å²) in [6.45, 7) is 5.79. The zero-order valence-corrected chi connectivity index (χ0v) is 12.1. The summed E-state index contributed by atoms with van der Waals surface area (Å²) in [5.74, 6) is 1.59. The molecule has 0 aliphatic heterocycles. The van der Waals surface area contributed by atoms with Crippen LogP contribution in [0.3, 0.4) is 0 Å². The lowest BCUT2D eigenvalue weighted by molar-refractivity contribution is 0.288. The van der Waals surface area contributed by atoms with Crippen LogP contribution in [-0.2, 0) is 6.54 Å². The first-order valence-electron chi connectivity index (χ1n) is 6.47. The molecule has 2 rings (SSSR count). The van der Waals surface area contributed by atoms with Crippen LogP contribution in [0, 0.1) is 0 Å². The summed E-state index contributed by atoms with van der Waals surface area (Å²) in [6, 6.07) is 10.2. The molecule has 102 valence electrons. The van der Waals surface area contributed by atoms with E-state index in [0.717, 1.165) is 17.1 Å². The van der Waals surface area contributed by atoms with Gasteiger partial charge in [0.25, 0.3) is 0 Å². The molecular weight excluding hydrogens is 258 g/mol. The molecule has 0 amide bonds. The van der Waals surface area contributed by atoms with Crippen LogP contribution < -0.4 is 15.2 Å². The van der Waals surface area contributed by atoms with Crippen molar-refractivity contribution in [2.75, 3.05) is 13.2 Å². The Bertz CT molecular complexity index is 537. The first-order valence-corrected chi connectivity index (χ1v) is 7.29. The number of benzene rings is 1. The van der Waals surface area contributed by atoms with Gasteiger partial charge in [-0.15, -0.1) is 11.3 Å². The Kier molecular flexibility index (Phi) is 4.82. The summed E-state index contributed by atoms with van der Waals surface area (Å²) in [6.07, 6.45) is 0. The van der Waals surface area contributed by atoms with Gasteiger partial charge < -0.3 is 15.2 Å². The Morgan fingerprint density at radius 2 is 1.74 bits per heavy atom. The van der Waals surface area contributed by atoms with E-state index in [0.29, 0.717) is 19.8 Å². The topological polar surface area (TPSA) is 44.5 Å². The predicted octanol–water partition coefficient (Wildman–Crippen LogP) is 3.67. The molecule has 4 heteroatoms. The molecule has 1 aromatic carbocycles. The molecule has 0 radical (unpaired) electrons. The highest BCUT2D eigenvalue weighted by molar-refractivity contribution is 7.15. The second kappa shape index (κ2) is 6.59. The van der Waals surface area contributed by atoms with E-state index in [9.17, 15) is 0 Å². The minimum atomic E-state index is 0.583. The fourth-order valence-electron chi connectivity index (χ4n) is 1.85. The van der Waals surface area contributed by atoms with Crippen molar-refractivity contribution in [1.82, 2.24) is 0 Å². The molecule has 0 unspecified atom stereocenters. The van der Waals surface area contributed by atoms with E-state index in [1.54, 1.807) is 11.3 Å². The maximum absolute atomic E-state index is 5.65. The minimum absolute atomic E-state index is 0.583. The molecule has 2 aromatic rings. The van der Waals surface area contributed by atoms with E-state index < -0.39 is 0 Å². The summed E-state index contributed by atoms with van der Waals surface area (Å²) in [7, 11) is 0. The van der Waals surface area contributed by atoms with Crippen molar-refractivity contribution in [2.24, 2.45) is 5.73 Å². The second-order valence-corrected chi connectivity index (χ2v) is 5.17. The minimum Gasteiger partial charge on any atom is -0.490 e. The van der Waals surface area contributed by atoms with Gasteiger partial charge in [-0.05, 0) is 49.7 Å². The van der Waals surface area contributed by atoms with Crippen LogP contribution in [0.1, 0.15) is 18.7 Å². The van der Waals surface area contributed by atoms with Gasteiger partial charge in [-0.25, -0.2) is 0 Å². The van der Waals surface area contributed by atoms with Crippen molar-refractivity contribution in [1.29, 1.82) is 0 Å². The number of ether oxygens (including phenoxy) is 2. The van der Waals surface area contributed by atoms with E-state index in [2.05, 4.69) is 18.2 Å². The monoisotopic (exact) mass is 277 g/mol. The van der Waals surface area contributed by atoms with Crippen LogP contribution >= 0.6 is 11.3 Å². The molecule has 3 nitrogen and oxygen atoms in total. The Balaban J connectivity index is 2.33. The van der Waals surface area contributed by atoms with Gasteiger partial charge >= 0.3 is 0 Å². The average Bonchev–Trinajstić information content (AvgIpc) is 2.90. The standard InChI is InChI=1S/C15H19NO2S/c1-3-17-13-7-5-11(9-14(13)18-4-2)15-8-6-12(10-16)19-15/h5-9H,3-4,10,16H2,1-2H3. The lowest BCUT2D eigenvalue weighted by Gasteiger charge is -2.11. The highest BCUT2D eigenvalue weighted by Crippen LogP contribution is 2.35. The van der Waals surface area contributed by atoms with Crippen molar-refractivity contribution < 1.29 is 9.47 Å². The van der Waals surface area contributed by atoms with Crippen molar-refractivity contribution in [3.05, 3.63) is 35.2 Å². The van der Waals surface area contributed by atoms with E-state index in [1.165, 1.54) is 9.75 Å². The van der Waals surface area contributed by atoms with Gasteiger partial charge in [0, 0.05) is 16.3 Å². The maximum atomic E-state index is 5.65. The highest BCUT2D eigenvalue weighted by atomic mass is 32.1. The Morgan fingerprint density at radius 1 is 1.00 bits per heavy atom. The fourth-order valence-corrected chi connectivity index (χ4v) is 2.73. The largest absolute Gasteiger partial charge is 0.490 e. The second-order valence-electron chi connectivity index (χ2n) is 4.00. The molecule has 1 aromatic heterocycles. The molecule has 0 bridgehead atoms. The van der Waals surface area contributed by atoms with Crippen molar-refractivity contribution in [3.63, 3.8) is 0 Å². The number of nitrogens with two attached hydrogens (primary N) is 1. The number of rotatable bonds is 6. The van der Waals surface area contributed by atoms with Crippen molar-refractivity contribution in [2.45, 2.75) is 20.4 Å². The van der Waals surface area contributed by atoms with Crippen LogP contribution in [0.5, 0.6) is 11.5 Å². The van der Waals surface area contributed by atoms with Crippen LogP contribution in [0.4, 0.5) is 0 Å². The van der Waals surface area contributed by atoms with Crippen molar-refractivity contribution >= 4 is 11.3 Å². The van der Waals surface area contributed by atoms with Crippen LogP contribution in [0.2, 0.25) is 0 Å². The molecule has 2 N–H and O–H groups in total. The summed E-state index contributed by atoms with van der Waals surface area (Å²) < 4.78 is 11.2. The van der Waals surface area contributed by atoms with Gasteiger partial charge in [0.15, 0.2) is 11.5 Å². The maximum Gasteiger partial charge on any atom is 0.161 e. The molecule has 0 atom stereocenters. The van der Waals surface area contributed by atoms with Gasteiger partial charge in [-0.2, -0.15) is 0 Å². The Hall–Kier alpha value is -1.52. The summed E-state index contributed by atoms with van der Waals surface area (Å²) in [5.41, 5.74) is 6.78. The molecule has 1 heterocycles. The van der Waals surface area contributed by atoms with Gasteiger partial charge in [-0.3, -0.25) is 0 Å². The first-order chi connectivity index (χ1) is 9.28. The van der Waals surface area contributed by atoms with Crippen LogP contribution in [0.25, 0.3) is 10.4 Å². The Morgan fingerprint density at radius 3 is 2.37 bits per heavy atom. The lowest BCUT2D eigenvalue weighted by Crippen LogP contribution is -1.98. The zero-order chi connectivity index (χ0) is 13.7. The van der Waals surface area contributed by atoms with E-state index in [-0.39, 0.29) is 0 Å². The summed E-state index contributed by atoms with van der Waals surface area (Å²) in [4.78, 5) is 2.38. The molecule has 0 aliphatic rings. The van der Waals surface area contributed by atoms with Crippen molar-refractivity contribution in [3.8, 4) is 21.9 Å². The zero-order valence-electron chi connectivity index (χ0n) is 11.3. The molecule has 0 aliphatic carbocycles. The lowest BCUT2D eigenvalue weighted by atomic mass is 10.1. The third-order valence-corrected chi connectivity index (χ3v) is 3.85. The van der Waals surface area contributed by atoms with E-state index in [1.807, 2.05) is 26.0 Å². The average molecular weight is 277 g/mol. The number of hydrogen-bond donors (Lipinski definition) is 1. The van der Waals surface area contributed by atoms with Gasteiger partial charge in [0.1, 0.15) is 0 Å². The fraction of sp³-hybridized carbons (Fsp3) is 0.333. The predicted molar refractivity (Wildman–Crippen MR) is 80.0 cm³/mol. The van der Waals surface area contributed by atoms with E-state index >= 15 is 0 Å². The van der Waals surface area contributed by atoms with Gasteiger partial charge in [0.05, 0.1) is 13.2 Å². The third kappa shape index (κ3) is 3.28. The first kappa shape index (κ1) is 13.9. The van der Waals surface area contributed by atoms with Crippen LogP contribution in [0.15, 0.2) is 30.3 Å². The summed E-state index contributed by atoms with van der Waals surface area (Å²) in [5, 5.41) is 0.